The fourth-order valence-corrected chi connectivity index (χ4v) is 5.68. The molecule has 1 atom stereocenters. The van der Waals surface area contributed by atoms with Crippen LogP contribution in [-0.2, 0) is 20.2 Å². The van der Waals surface area contributed by atoms with Crippen molar-refractivity contribution in [1.29, 1.82) is 0 Å². The topological polar surface area (TPSA) is 113 Å². The minimum absolute atomic E-state index is 0.0140. The van der Waals surface area contributed by atoms with Gasteiger partial charge in [-0.25, -0.2) is 13.4 Å². The number of fused-ring (bicyclic) bond motifs is 1. The van der Waals surface area contributed by atoms with Crippen molar-refractivity contribution < 1.29 is 17.9 Å². The summed E-state index contributed by atoms with van der Waals surface area (Å²) in [5.41, 5.74) is 3.61. The van der Waals surface area contributed by atoms with Crippen molar-refractivity contribution in [1.82, 2.24) is 15.3 Å². The summed E-state index contributed by atoms with van der Waals surface area (Å²) in [5.74, 6) is -0.265. The number of nitrogens with zero attached hydrogens (tertiary/aromatic N) is 1. The number of carbonyl (C=O) groups excluding carboxylic acids is 1. The molecule has 0 aliphatic carbocycles. The van der Waals surface area contributed by atoms with Crippen molar-refractivity contribution in [3.8, 4) is 11.1 Å². The first-order valence-corrected chi connectivity index (χ1v) is 14.2. The van der Waals surface area contributed by atoms with Gasteiger partial charge in [-0.15, -0.1) is 0 Å². The first-order chi connectivity index (χ1) is 18.1. The molecule has 1 fully saturated rings. The Bertz CT molecular complexity index is 1550. The Hall–Kier alpha value is -3.69. The molecule has 1 saturated heterocycles. The molecule has 0 saturated carbocycles. The van der Waals surface area contributed by atoms with E-state index < -0.39 is 10.0 Å². The highest BCUT2D eigenvalue weighted by molar-refractivity contribution is 7.92. The number of carbonyl (C=O) groups is 1. The van der Waals surface area contributed by atoms with Gasteiger partial charge >= 0.3 is 0 Å². The molecule has 2 aromatic carbocycles. The second-order valence-corrected chi connectivity index (χ2v) is 12.3. The molecule has 1 amide bonds. The fraction of sp³-hybridized carbons (Fsp3) is 0.310. The van der Waals surface area contributed by atoms with E-state index in [2.05, 4.69) is 40.8 Å². The van der Waals surface area contributed by atoms with Crippen LogP contribution in [0.15, 0.2) is 71.8 Å². The number of amides is 1. The van der Waals surface area contributed by atoms with Crippen LogP contribution in [0.1, 0.15) is 49.7 Å². The molecule has 2 aromatic heterocycles. The van der Waals surface area contributed by atoms with E-state index >= 15 is 0 Å². The van der Waals surface area contributed by atoms with Crippen LogP contribution < -0.4 is 10.0 Å². The molecule has 9 heteroatoms. The Balaban J connectivity index is 1.48. The lowest BCUT2D eigenvalue weighted by molar-refractivity contribution is 0.0855. The Morgan fingerprint density at radius 2 is 1.84 bits per heavy atom. The maximum Gasteiger partial charge on any atom is 0.268 e. The van der Waals surface area contributed by atoms with Crippen LogP contribution in [0.3, 0.4) is 0 Å². The van der Waals surface area contributed by atoms with E-state index in [0.717, 1.165) is 24.0 Å². The number of aromatic nitrogens is 2. The van der Waals surface area contributed by atoms with Crippen LogP contribution in [0.5, 0.6) is 0 Å². The number of hydrogen-bond donors (Lipinski definition) is 3. The van der Waals surface area contributed by atoms with Crippen LogP contribution in [0.25, 0.3) is 22.2 Å². The summed E-state index contributed by atoms with van der Waals surface area (Å²) in [6.07, 6.45) is 3.37. The zero-order valence-corrected chi connectivity index (χ0v) is 22.6. The minimum atomic E-state index is -3.84. The summed E-state index contributed by atoms with van der Waals surface area (Å²) in [4.78, 5) is 21.0. The second kappa shape index (κ2) is 10.2. The first-order valence-electron chi connectivity index (χ1n) is 12.7. The van der Waals surface area contributed by atoms with Gasteiger partial charge in [-0.05, 0) is 47.6 Å². The molecule has 5 rings (SSSR count). The van der Waals surface area contributed by atoms with Crippen molar-refractivity contribution in [2.24, 2.45) is 0 Å². The Labute approximate surface area is 222 Å². The van der Waals surface area contributed by atoms with Crippen LogP contribution >= 0.6 is 0 Å². The van der Waals surface area contributed by atoms with Crippen LogP contribution in [0, 0.1) is 0 Å². The minimum Gasteiger partial charge on any atom is -0.376 e. The van der Waals surface area contributed by atoms with E-state index in [9.17, 15) is 13.2 Å². The maximum atomic E-state index is 13.2. The van der Waals surface area contributed by atoms with Crippen LogP contribution in [0.2, 0.25) is 0 Å². The van der Waals surface area contributed by atoms with Gasteiger partial charge in [0.25, 0.3) is 15.9 Å². The predicted molar refractivity (Wildman–Crippen MR) is 149 cm³/mol. The molecule has 8 nitrogen and oxygen atoms in total. The van der Waals surface area contributed by atoms with E-state index in [1.54, 1.807) is 18.2 Å². The summed E-state index contributed by atoms with van der Waals surface area (Å²) < 4.78 is 34.6. The van der Waals surface area contributed by atoms with Gasteiger partial charge in [-0.2, -0.15) is 0 Å². The average Bonchev–Trinajstić information content (AvgIpc) is 3.55. The Kier molecular flexibility index (Phi) is 6.98. The molecule has 3 N–H and O–H groups in total. The van der Waals surface area contributed by atoms with Gasteiger partial charge in [0.1, 0.15) is 11.3 Å². The number of nitrogens with one attached hydrogen (secondary N) is 3. The molecule has 3 heterocycles. The lowest BCUT2D eigenvalue weighted by Gasteiger charge is -2.19. The molecule has 1 aliphatic heterocycles. The van der Waals surface area contributed by atoms with Crippen molar-refractivity contribution in [3.05, 3.63) is 78.1 Å². The summed E-state index contributed by atoms with van der Waals surface area (Å²) in [6, 6.07) is 18.1. The number of sulfonamides is 1. The van der Waals surface area contributed by atoms with Gasteiger partial charge < -0.3 is 15.0 Å². The van der Waals surface area contributed by atoms with Gasteiger partial charge in [0.15, 0.2) is 0 Å². The van der Waals surface area contributed by atoms with Gasteiger partial charge in [0.05, 0.1) is 22.9 Å². The zero-order valence-electron chi connectivity index (χ0n) is 21.7. The van der Waals surface area contributed by atoms with Crippen molar-refractivity contribution in [3.63, 3.8) is 0 Å². The smallest absolute Gasteiger partial charge is 0.268 e. The van der Waals surface area contributed by atoms with E-state index in [-0.39, 0.29) is 22.3 Å². The normalized spacial score (nSPS) is 16.0. The quantitative estimate of drug-likeness (QED) is 0.301. The number of hydrogen-bond acceptors (Lipinski definition) is 5. The third-order valence-corrected chi connectivity index (χ3v) is 8.13. The molecule has 4 aromatic rings. The number of pyridine rings is 1. The number of rotatable bonds is 7. The standard InChI is InChI=1S/C29H32N4O4S/c1-29(2,3)20-11-13-23(14-12-20)38(35,36)33-21-16-24-25(19-8-5-4-6-9-19)26(32-27(24)30-17-21)28(34)31-18-22-10-7-15-37-22/h4-6,8-9,11-14,16-17,22,33H,7,10,15,18H2,1-3H3,(H,30,32)(H,31,34). The maximum absolute atomic E-state index is 13.2. The largest absolute Gasteiger partial charge is 0.376 e. The Morgan fingerprint density at radius 1 is 1.11 bits per heavy atom. The Morgan fingerprint density at radius 3 is 2.50 bits per heavy atom. The second-order valence-electron chi connectivity index (χ2n) is 10.6. The van der Waals surface area contributed by atoms with E-state index in [1.165, 1.54) is 6.20 Å². The van der Waals surface area contributed by atoms with E-state index in [4.69, 9.17) is 4.74 Å². The molecule has 1 unspecified atom stereocenters. The summed E-state index contributed by atoms with van der Waals surface area (Å²) >= 11 is 0. The third-order valence-electron chi connectivity index (χ3n) is 6.74. The van der Waals surface area contributed by atoms with Gasteiger partial charge in [-0.3, -0.25) is 9.52 Å². The first kappa shape index (κ1) is 25.9. The van der Waals surface area contributed by atoms with Crippen LogP contribution in [-0.4, -0.2) is 43.5 Å². The van der Waals surface area contributed by atoms with Crippen LogP contribution in [0.4, 0.5) is 5.69 Å². The van der Waals surface area contributed by atoms with Crippen molar-refractivity contribution in [2.75, 3.05) is 17.9 Å². The SMILES string of the molecule is CC(C)(C)c1ccc(S(=O)(=O)Nc2cnc3[nH]c(C(=O)NCC4CCCO4)c(-c4ccccc4)c3c2)cc1. The third kappa shape index (κ3) is 5.44. The summed E-state index contributed by atoms with van der Waals surface area (Å²) in [7, 11) is -3.84. The molecule has 1 aliphatic rings. The molecule has 0 radical (unpaired) electrons. The average molecular weight is 533 g/mol. The molecular formula is C29H32N4O4S. The van der Waals surface area contributed by atoms with Crippen molar-refractivity contribution >= 4 is 32.7 Å². The number of anilines is 1. The van der Waals surface area contributed by atoms with E-state index in [0.29, 0.717) is 41.1 Å². The summed E-state index contributed by atoms with van der Waals surface area (Å²) in [5, 5.41) is 3.61. The lowest BCUT2D eigenvalue weighted by atomic mass is 9.87. The zero-order chi connectivity index (χ0) is 26.9. The van der Waals surface area contributed by atoms with Gasteiger partial charge in [0, 0.05) is 24.1 Å². The fourth-order valence-electron chi connectivity index (χ4n) is 4.65. The lowest BCUT2D eigenvalue weighted by Crippen LogP contribution is -2.32. The number of H-pyrrole nitrogens is 1. The molecule has 0 spiro atoms. The number of ether oxygens (including phenoxy) is 1. The number of benzene rings is 2. The van der Waals surface area contributed by atoms with Crippen molar-refractivity contribution in [2.45, 2.75) is 50.0 Å². The van der Waals surface area contributed by atoms with E-state index in [1.807, 2.05) is 42.5 Å². The molecule has 198 valence electrons. The highest BCUT2D eigenvalue weighted by Crippen LogP contribution is 2.34. The highest BCUT2D eigenvalue weighted by atomic mass is 32.2. The monoisotopic (exact) mass is 532 g/mol. The number of aromatic amines is 1. The summed E-state index contributed by atoms with van der Waals surface area (Å²) in [6.45, 7) is 7.37. The molecule has 0 bridgehead atoms. The van der Waals surface area contributed by atoms with Gasteiger partial charge in [-0.1, -0.05) is 63.2 Å². The molecule has 38 heavy (non-hydrogen) atoms. The predicted octanol–water partition coefficient (Wildman–Crippen LogP) is 5.24. The van der Waals surface area contributed by atoms with Gasteiger partial charge in [0.2, 0.25) is 0 Å². The highest BCUT2D eigenvalue weighted by Gasteiger charge is 2.23. The molecular weight excluding hydrogens is 500 g/mol.